The Kier molecular flexibility index (Phi) is 5.74. The van der Waals surface area contributed by atoms with E-state index in [9.17, 15) is 0 Å². The standard InChI is InChI=1S/C19H23N7O2/c27-9-6-20-19-24-15-16(18(25-19)26-7-10-28-11-8-26)22-13-23-17(15)21-12-14-4-2-1-3-5-14/h1-5,13,27H,6-12H2,(H,20,24,25)(H,21,22,23). The number of hydrogen-bond donors (Lipinski definition) is 3. The molecule has 9 nitrogen and oxygen atoms in total. The van der Waals surface area contributed by atoms with Crippen LogP contribution in [0.2, 0.25) is 0 Å². The lowest BCUT2D eigenvalue weighted by Gasteiger charge is -2.28. The first kappa shape index (κ1) is 18.3. The van der Waals surface area contributed by atoms with Crippen molar-refractivity contribution in [1.29, 1.82) is 0 Å². The summed E-state index contributed by atoms with van der Waals surface area (Å²) in [6.07, 6.45) is 1.53. The molecule has 0 radical (unpaired) electrons. The second-order valence-corrected chi connectivity index (χ2v) is 6.38. The molecular formula is C19H23N7O2. The van der Waals surface area contributed by atoms with E-state index in [-0.39, 0.29) is 6.61 Å². The van der Waals surface area contributed by atoms with Gasteiger partial charge in [-0.05, 0) is 5.56 Å². The van der Waals surface area contributed by atoms with Crippen molar-refractivity contribution in [2.45, 2.75) is 6.54 Å². The number of benzene rings is 1. The van der Waals surface area contributed by atoms with Crippen LogP contribution in [0.3, 0.4) is 0 Å². The first-order valence-corrected chi connectivity index (χ1v) is 9.33. The van der Waals surface area contributed by atoms with Gasteiger partial charge in [-0.2, -0.15) is 4.98 Å². The molecule has 0 spiro atoms. The van der Waals surface area contributed by atoms with Crippen molar-refractivity contribution >= 4 is 28.6 Å². The molecule has 1 aliphatic heterocycles. The van der Waals surface area contributed by atoms with E-state index in [0.29, 0.717) is 49.1 Å². The molecule has 146 valence electrons. The monoisotopic (exact) mass is 381 g/mol. The van der Waals surface area contributed by atoms with Gasteiger partial charge >= 0.3 is 0 Å². The molecule has 0 amide bonds. The third kappa shape index (κ3) is 4.10. The summed E-state index contributed by atoms with van der Waals surface area (Å²) in [6, 6.07) is 10.1. The molecule has 3 heterocycles. The van der Waals surface area contributed by atoms with Crippen LogP contribution in [0.25, 0.3) is 11.0 Å². The van der Waals surface area contributed by atoms with Crippen molar-refractivity contribution in [3.8, 4) is 0 Å². The highest BCUT2D eigenvalue weighted by atomic mass is 16.5. The van der Waals surface area contributed by atoms with Gasteiger partial charge in [0.15, 0.2) is 11.6 Å². The molecule has 1 aromatic carbocycles. The predicted octanol–water partition coefficient (Wildman–Crippen LogP) is 1.27. The zero-order valence-corrected chi connectivity index (χ0v) is 15.5. The van der Waals surface area contributed by atoms with Crippen LogP contribution >= 0.6 is 0 Å². The molecule has 9 heteroatoms. The molecular weight excluding hydrogens is 358 g/mol. The molecule has 1 aliphatic rings. The maximum atomic E-state index is 9.14. The molecule has 0 bridgehead atoms. The number of anilines is 3. The lowest BCUT2D eigenvalue weighted by atomic mass is 10.2. The Balaban J connectivity index is 1.71. The van der Waals surface area contributed by atoms with Crippen LogP contribution in [0, 0.1) is 0 Å². The molecule has 3 aromatic rings. The Bertz CT molecular complexity index is 917. The number of ether oxygens (including phenoxy) is 1. The third-order valence-corrected chi connectivity index (χ3v) is 4.47. The van der Waals surface area contributed by atoms with Gasteiger partial charge in [-0.1, -0.05) is 30.3 Å². The van der Waals surface area contributed by atoms with Crippen molar-refractivity contribution < 1.29 is 9.84 Å². The minimum atomic E-state index is -0.00130. The summed E-state index contributed by atoms with van der Waals surface area (Å²) in [4.78, 5) is 20.2. The van der Waals surface area contributed by atoms with Gasteiger partial charge < -0.3 is 25.4 Å². The number of aromatic nitrogens is 4. The number of nitrogens with one attached hydrogen (secondary N) is 2. The molecule has 1 saturated heterocycles. The SMILES string of the molecule is OCCNc1nc(N2CCOCC2)c2ncnc(NCc3ccccc3)c2n1. The van der Waals surface area contributed by atoms with E-state index in [1.807, 2.05) is 18.2 Å². The minimum Gasteiger partial charge on any atom is -0.395 e. The van der Waals surface area contributed by atoms with Gasteiger partial charge in [-0.3, -0.25) is 0 Å². The Morgan fingerprint density at radius 1 is 1.00 bits per heavy atom. The van der Waals surface area contributed by atoms with Crippen LogP contribution in [-0.4, -0.2) is 64.5 Å². The zero-order chi connectivity index (χ0) is 19.2. The van der Waals surface area contributed by atoms with Gasteiger partial charge in [0, 0.05) is 26.2 Å². The largest absolute Gasteiger partial charge is 0.395 e. The molecule has 0 aliphatic carbocycles. The van der Waals surface area contributed by atoms with E-state index in [4.69, 9.17) is 9.84 Å². The van der Waals surface area contributed by atoms with E-state index in [1.54, 1.807) is 0 Å². The van der Waals surface area contributed by atoms with Crippen LogP contribution in [0.5, 0.6) is 0 Å². The molecule has 28 heavy (non-hydrogen) atoms. The molecule has 0 atom stereocenters. The topological polar surface area (TPSA) is 108 Å². The van der Waals surface area contributed by atoms with Gasteiger partial charge in [0.25, 0.3) is 0 Å². The summed E-state index contributed by atoms with van der Waals surface area (Å²) in [5, 5.41) is 15.6. The highest BCUT2D eigenvalue weighted by Crippen LogP contribution is 2.28. The normalized spacial score (nSPS) is 14.2. The number of aliphatic hydroxyl groups excluding tert-OH is 1. The fraction of sp³-hybridized carbons (Fsp3) is 0.368. The lowest BCUT2D eigenvalue weighted by molar-refractivity contribution is 0.122. The van der Waals surface area contributed by atoms with E-state index in [2.05, 4.69) is 47.6 Å². The number of nitrogens with zero attached hydrogens (tertiary/aromatic N) is 5. The van der Waals surface area contributed by atoms with Gasteiger partial charge in [0.2, 0.25) is 5.95 Å². The minimum absolute atomic E-state index is 0.00130. The van der Waals surface area contributed by atoms with Crippen molar-refractivity contribution in [1.82, 2.24) is 19.9 Å². The Morgan fingerprint density at radius 3 is 2.61 bits per heavy atom. The first-order valence-electron chi connectivity index (χ1n) is 9.33. The molecule has 4 rings (SSSR count). The summed E-state index contributed by atoms with van der Waals surface area (Å²) >= 11 is 0. The Labute approximate surface area is 162 Å². The predicted molar refractivity (Wildman–Crippen MR) is 108 cm³/mol. The molecule has 1 fully saturated rings. The number of aliphatic hydroxyl groups is 1. The molecule has 3 N–H and O–H groups in total. The Hall–Kier alpha value is -3.04. The van der Waals surface area contributed by atoms with Gasteiger partial charge in [0.1, 0.15) is 17.4 Å². The van der Waals surface area contributed by atoms with E-state index < -0.39 is 0 Å². The number of fused-ring (bicyclic) bond motifs is 1. The average molecular weight is 381 g/mol. The van der Waals surface area contributed by atoms with Gasteiger partial charge in [0.05, 0.1) is 19.8 Å². The number of rotatable bonds is 7. The zero-order valence-electron chi connectivity index (χ0n) is 15.5. The summed E-state index contributed by atoms with van der Waals surface area (Å²) in [7, 11) is 0. The third-order valence-electron chi connectivity index (χ3n) is 4.47. The molecule has 0 saturated carbocycles. The second kappa shape index (κ2) is 8.77. The summed E-state index contributed by atoms with van der Waals surface area (Å²) in [5.74, 6) is 1.84. The van der Waals surface area contributed by atoms with Crippen LogP contribution in [0.4, 0.5) is 17.6 Å². The highest BCUT2D eigenvalue weighted by Gasteiger charge is 2.20. The maximum Gasteiger partial charge on any atom is 0.225 e. The van der Waals surface area contributed by atoms with E-state index in [1.165, 1.54) is 6.33 Å². The van der Waals surface area contributed by atoms with E-state index in [0.717, 1.165) is 24.5 Å². The highest BCUT2D eigenvalue weighted by molar-refractivity contribution is 5.93. The van der Waals surface area contributed by atoms with Crippen molar-refractivity contribution in [3.63, 3.8) is 0 Å². The molecule has 0 unspecified atom stereocenters. The number of morpholine rings is 1. The average Bonchev–Trinajstić information content (AvgIpc) is 2.77. The fourth-order valence-corrected chi connectivity index (χ4v) is 3.09. The van der Waals surface area contributed by atoms with E-state index >= 15 is 0 Å². The fourth-order valence-electron chi connectivity index (χ4n) is 3.09. The smallest absolute Gasteiger partial charge is 0.225 e. The maximum absolute atomic E-state index is 9.14. The summed E-state index contributed by atoms with van der Waals surface area (Å²) in [6.45, 7) is 3.77. The first-order chi connectivity index (χ1) is 13.8. The van der Waals surface area contributed by atoms with Crippen molar-refractivity contribution in [3.05, 3.63) is 42.2 Å². The second-order valence-electron chi connectivity index (χ2n) is 6.38. The van der Waals surface area contributed by atoms with Crippen molar-refractivity contribution in [2.24, 2.45) is 0 Å². The quantitative estimate of drug-likeness (QED) is 0.557. The van der Waals surface area contributed by atoms with Crippen molar-refractivity contribution in [2.75, 3.05) is 55.0 Å². The summed E-state index contributed by atoms with van der Waals surface area (Å²) in [5.41, 5.74) is 2.49. The van der Waals surface area contributed by atoms with Crippen LogP contribution in [-0.2, 0) is 11.3 Å². The van der Waals surface area contributed by atoms with Crippen LogP contribution in [0.15, 0.2) is 36.7 Å². The number of hydrogen-bond acceptors (Lipinski definition) is 9. The van der Waals surface area contributed by atoms with Crippen LogP contribution < -0.4 is 15.5 Å². The van der Waals surface area contributed by atoms with Crippen LogP contribution in [0.1, 0.15) is 5.56 Å². The van der Waals surface area contributed by atoms with Gasteiger partial charge in [-0.25, -0.2) is 15.0 Å². The summed E-state index contributed by atoms with van der Waals surface area (Å²) < 4.78 is 5.46. The van der Waals surface area contributed by atoms with Gasteiger partial charge in [-0.15, -0.1) is 0 Å². The lowest BCUT2D eigenvalue weighted by Crippen LogP contribution is -2.37. The molecule has 2 aromatic heterocycles. The Morgan fingerprint density at radius 2 is 1.82 bits per heavy atom.